The Kier molecular flexibility index (Phi) is 4.27. The Balaban J connectivity index is 2.19. The number of hydrogen-bond donors (Lipinski definition) is 1. The highest BCUT2D eigenvalue weighted by Gasteiger charge is 2.11. The SMILES string of the molecule is Cc1ccc(F)c(NCc2ccc(Cl)c(Cl)c2)c1F. The third-order valence-electron chi connectivity index (χ3n) is 2.74. The van der Waals surface area contributed by atoms with Gasteiger partial charge in [-0.15, -0.1) is 0 Å². The van der Waals surface area contributed by atoms with Crippen LogP contribution >= 0.6 is 23.2 Å². The number of benzene rings is 2. The molecule has 0 heterocycles. The first-order chi connectivity index (χ1) is 8.99. The molecule has 0 radical (unpaired) electrons. The minimum absolute atomic E-state index is 0.133. The zero-order valence-corrected chi connectivity index (χ0v) is 11.6. The normalized spacial score (nSPS) is 10.6. The number of nitrogens with one attached hydrogen (secondary N) is 1. The zero-order valence-electron chi connectivity index (χ0n) is 10.1. The lowest BCUT2D eigenvalue weighted by molar-refractivity contribution is 0.582. The topological polar surface area (TPSA) is 12.0 Å². The highest BCUT2D eigenvalue weighted by Crippen LogP contribution is 2.25. The average Bonchev–Trinajstić information content (AvgIpc) is 2.38. The highest BCUT2D eigenvalue weighted by molar-refractivity contribution is 6.42. The first-order valence-electron chi connectivity index (χ1n) is 5.61. The van der Waals surface area contributed by atoms with Crippen LogP contribution in [0.2, 0.25) is 10.0 Å². The molecular formula is C14H11Cl2F2N. The quantitative estimate of drug-likeness (QED) is 0.822. The van der Waals surface area contributed by atoms with Crippen molar-refractivity contribution >= 4 is 28.9 Å². The summed E-state index contributed by atoms with van der Waals surface area (Å²) in [5.41, 5.74) is 1.04. The fraction of sp³-hybridized carbons (Fsp3) is 0.143. The van der Waals surface area contributed by atoms with E-state index in [4.69, 9.17) is 23.2 Å². The van der Waals surface area contributed by atoms with Crippen molar-refractivity contribution in [2.45, 2.75) is 13.5 Å². The van der Waals surface area contributed by atoms with Crippen molar-refractivity contribution < 1.29 is 8.78 Å². The molecule has 0 aromatic heterocycles. The van der Waals surface area contributed by atoms with E-state index in [9.17, 15) is 8.78 Å². The van der Waals surface area contributed by atoms with Crippen molar-refractivity contribution in [2.75, 3.05) is 5.32 Å². The Morgan fingerprint density at radius 2 is 1.79 bits per heavy atom. The van der Waals surface area contributed by atoms with Crippen molar-refractivity contribution in [1.29, 1.82) is 0 Å². The van der Waals surface area contributed by atoms with E-state index in [0.717, 1.165) is 5.56 Å². The maximum Gasteiger partial charge on any atom is 0.152 e. The van der Waals surface area contributed by atoms with Crippen LogP contribution in [0.3, 0.4) is 0 Å². The Morgan fingerprint density at radius 1 is 1.05 bits per heavy atom. The Bertz CT molecular complexity index is 615. The summed E-state index contributed by atoms with van der Waals surface area (Å²) in [5.74, 6) is -1.21. The van der Waals surface area contributed by atoms with Gasteiger partial charge in [0.25, 0.3) is 0 Å². The molecular weight excluding hydrogens is 291 g/mol. The summed E-state index contributed by atoms with van der Waals surface area (Å²) >= 11 is 11.7. The van der Waals surface area contributed by atoms with Gasteiger partial charge in [0.2, 0.25) is 0 Å². The van der Waals surface area contributed by atoms with Crippen LogP contribution in [0.15, 0.2) is 30.3 Å². The Morgan fingerprint density at radius 3 is 2.47 bits per heavy atom. The summed E-state index contributed by atoms with van der Waals surface area (Å²) < 4.78 is 27.3. The molecule has 1 N–H and O–H groups in total. The molecule has 2 rings (SSSR count). The van der Waals surface area contributed by atoms with Crippen LogP contribution in [-0.2, 0) is 6.54 Å². The average molecular weight is 302 g/mol. The largest absolute Gasteiger partial charge is 0.376 e. The Hall–Kier alpha value is -1.32. The van der Waals surface area contributed by atoms with Gasteiger partial charge in [-0.1, -0.05) is 35.3 Å². The maximum absolute atomic E-state index is 13.8. The van der Waals surface area contributed by atoms with Crippen LogP contribution in [0.4, 0.5) is 14.5 Å². The molecule has 0 saturated heterocycles. The molecule has 0 spiro atoms. The molecule has 0 amide bonds. The molecule has 19 heavy (non-hydrogen) atoms. The van der Waals surface area contributed by atoms with Gasteiger partial charge in [0, 0.05) is 6.54 Å². The van der Waals surface area contributed by atoms with Gasteiger partial charge < -0.3 is 5.32 Å². The molecule has 0 aliphatic rings. The van der Waals surface area contributed by atoms with Gasteiger partial charge in [-0.05, 0) is 36.2 Å². The molecule has 0 unspecified atom stereocenters. The van der Waals surface area contributed by atoms with E-state index in [1.54, 1.807) is 25.1 Å². The Labute approximate surface area is 120 Å². The van der Waals surface area contributed by atoms with Gasteiger partial charge >= 0.3 is 0 Å². The predicted octanol–water partition coefficient (Wildman–Crippen LogP) is 5.19. The van der Waals surface area contributed by atoms with Gasteiger partial charge in [0.15, 0.2) is 5.82 Å². The van der Waals surface area contributed by atoms with Crippen molar-refractivity contribution in [3.63, 3.8) is 0 Å². The van der Waals surface area contributed by atoms with E-state index >= 15 is 0 Å². The summed E-state index contributed by atoms with van der Waals surface area (Å²) in [4.78, 5) is 0. The summed E-state index contributed by atoms with van der Waals surface area (Å²) in [6.07, 6.45) is 0. The standard InChI is InChI=1S/C14H11Cl2F2N/c1-8-2-5-12(17)14(13(8)18)19-7-9-3-4-10(15)11(16)6-9/h2-6,19H,7H2,1H3. The fourth-order valence-electron chi connectivity index (χ4n) is 1.66. The van der Waals surface area contributed by atoms with Crippen molar-refractivity contribution in [1.82, 2.24) is 0 Å². The van der Waals surface area contributed by atoms with E-state index in [2.05, 4.69) is 5.32 Å². The van der Waals surface area contributed by atoms with Gasteiger partial charge in [0.05, 0.1) is 10.0 Å². The summed E-state index contributed by atoms with van der Waals surface area (Å²) in [7, 11) is 0. The first kappa shape index (κ1) is 14.1. The minimum Gasteiger partial charge on any atom is -0.376 e. The number of rotatable bonds is 3. The maximum atomic E-state index is 13.8. The molecule has 2 aromatic carbocycles. The van der Waals surface area contributed by atoms with Crippen LogP contribution < -0.4 is 5.32 Å². The molecule has 0 aliphatic heterocycles. The molecule has 100 valence electrons. The van der Waals surface area contributed by atoms with Gasteiger partial charge in [0.1, 0.15) is 11.5 Å². The van der Waals surface area contributed by atoms with Crippen LogP contribution in [0.25, 0.3) is 0 Å². The van der Waals surface area contributed by atoms with Crippen molar-refractivity contribution in [3.05, 3.63) is 63.1 Å². The van der Waals surface area contributed by atoms with E-state index in [1.165, 1.54) is 12.1 Å². The van der Waals surface area contributed by atoms with Crippen molar-refractivity contribution in [3.8, 4) is 0 Å². The molecule has 0 atom stereocenters. The summed E-state index contributed by atoms with van der Waals surface area (Å²) in [5, 5.41) is 3.58. The zero-order chi connectivity index (χ0) is 14.0. The molecule has 0 saturated carbocycles. The lowest BCUT2D eigenvalue weighted by atomic mass is 10.1. The second-order valence-corrected chi connectivity index (χ2v) is 4.97. The summed E-state index contributed by atoms with van der Waals surface area (Å²) in [6, 6.07) is 7.67. The first-order valence-corrected chi connectivity index (χ1v) is 6.37. The van der Waals surface area contributed by atoms with Crippen molar-refractivity contribution in [2.24, 2.45) is 0 Å². The third kappa shape index (κ3) is 3.17. The van der Waals surface area contributed by atoms with Crippen LogP contribution in [-0.4, -0.2) is 0 Å². The third-order valence-corrected chi connectivity index (χ3v) is 3.48. The second-order valence-electron chi connectivity index (χ2n) is 4.16. The monoisotopic (exact) mass is 301 g/mol. The lowest BCUT2D eigenvalue weighted by Gasteiger charge is -2.11. The van der Waals surface area contributed by atoms with Gasteiger partial charge in [-0.2, -0.15) is 0 Å². The van der Waals surface area contributed by atoms with E-state index in [-0.39, 0.29) is 12.2 Å². The number of halogens is 4. The van der Waals surface area contributed by atoms with E-state index in [1.807, 2.05) is 0 Å². The highest BCUT2D eigenvalue weighted by atomic mass is 35.5. The van der Waals surface area contributed by atoms with Gasteiger partial charge in [-0.25, -0.2) is 8.78 Å². The number of aryl methyl sites for hydroxylation is 1. The smallest absolute Gasteiger partial charge is 0.152 e. The summed E-state index contributed by atoms with van der Waals surface area (Å²) in [6.45, 7) is 1.84. The fourth-order valence-corrected chi connectivity index (χ4v) is 1.98. The van der Waals surface area contributed by atoms with E-state index < -0.39 is 11.6 Å². The predicted molar refractivity (Wildman–Crippen MR) is 74.9 cm³/mol. The lowest BCUT2D eigenvalue weighted by Crippen LogP contribution is -2.05. The molecule has 0 bridgehead atoms. The minimum atomic E-state index is -0.622. The van der Waals surface area contributed by atoms with E-state index in [0.29, 0.717) is 15.6 Å². The van der Waals surface area contributed by atoms with Crippen LogP contribution in [0, 0.1) is 18.6 Å². The molecule has 5 heteroatoms. The molecule has 1 nitrogen and oxygen atoms in total. The number of hydrogen-bond acceptors (Lipinski definition) is 1. The molecule has 2 aromatic rings. The molecule has 0 aliphatic carbocycles. The van der Waals surface area contributed by atoms with Gasteiger partial charge in [-0.3, -0.25) is 0 Å². The second kappa shape index (κ2) is 5.76. The van der Waals surface area contributed by atoms with Crippen LogP contribution in [0.5, 0.6) is 0 Å². The molecule has 0 fully saturated rings. The van der Waals surface area contributed by atoms with Crippen LogP contribution in [0.1, 0.15) is 11.1 Å². The number of anilines is 1.